The minimum absolute atomic E-state index is 0. The van der Waals surface area contributed by atoms with E-state index in [2.05, 4.69) is 61.0 Å². The van der Waals surface area contributed by atoms with Crippen LogP contribution in [0.5, 0.6) is 0 Å². The van der Waals surface area contributed by atoms with Crippen LogP contribution in [0.3, 0.4) is 0 Å². The fraction of sp³-hybridized carbons (Fsp3) is 0.269. The van der Waals surface area contributed by atoms with Gasteiger partial charge in [0, 0.05) is 30.4 Å². The predicted molar refractivity (Wildman–Crippen MR) is 127 cm³/mol. The standard InChI is InChI=1S/C26H26N2O.ClH/c1-18-8-10-19(11-9-18)20-14-15-28(26(29)16-20)21-12-13-23-22-6-4-3-5-7-24(22)27(2)25(23)17-21;/h8-17H,3-7H2,1-2H3;1H. The Labute approximate surface area is 183 Å². The van der Waals surface area contributed by atoms with Gasteiger partial charge in [0.1, 0.15) is 0 Å². The van der Waals surface area contributed by atoms with Crippen molar-refractivity contribution in [1.29, 1.82) is 0 Å². The SMILES string of the molecule is Cc1ccc(-c2ccn(-c3ccc4c5c(n(C)c4c3)CCCCC5)c(=O)c2)cc1.Cl. The lowest BCUT2D eigenvalue weighted by atomic mass is 10.1. The van der Waals surface area contributed by atoms with Gasteiger partial charge < -0.3 is 4.57 Å². The smallest absolute Gasteiger partial charge is 0.255 e. The van der Waals surface area contributed by atoms with Crippen LogP contribution in [0.1, 0.15) is 36.1 Å². The van der Waals surface area contributed by atoms with Crippen LogP contribution in [-0.2, 0) is 19.9 Å². The van der Waals surface area contributed by atoms with Gasteiger partial charge in [0.2, 0.25) is 0 Å². The summed E-state index contributed by atoms with van der Waals surface area (Å²) in [6.45, 7) is 2.07. The maximum absolute atomic E-state index is 12.9. The fourth-order valence-corrected chi connectivity index (χ4v) is 4.69. The first-order valence-corrected chi connectivity index (χ1v) is 10.5. The molecular weight excluding hydrogens is 392 g/mol. The van der Waals surface area contributed by atoms with Gasteiger partial charge in [-0.15, -0.1) is 12.4 Å². The number of rotatable bonds is 2. The Hall–Kier alpha value is -2.78. The Balaban J connectivity index is 0.00000218. The highest BCUT2D eigenvalue weighted by Crippen LogP contribution is 2.32. The third-order valence-electron chi connectivity index (χ3n) is 6.34. The molecule has 0 unspecified atom stereocenters. The summed E-state index contributed by atoms with van der Waals surface area (Å²) in [5.74, 6) is 0. The highest BCUT2D eigenvalue weighted by atomic mass is 35.5. The third kappa shape index (κ3) is 3.48. The second kappa shape index (κ2) is 8.16. The molecule has 0 N–H and O–H groups in total. The number of hydrogen-bond acceptors (Lipinski definition) is 1. The molecular formula is C26H27ClN2O. The molecule has 1 aliphatic rings. The van der Waals surface area contributed by atoms with E-state index < -0.39 is 0 Å². The maximum atomic E-state index is 12.9. The molecule has 4 heteroatoms. The molecule has 2 heterocycles. The lowest BCUT2D eigenvalue weighted by Gasteiger charge is -2.09. The normalized spacial score (nSPS) is 13.5. The molecule has 0 bridgehead atoms. The Bertz CT molecular complexity index is 1260. The number of halogens is 1. The van der Waals surface area contributed by atoms with Crippen molar-refractivity contribution in [3.8, 4) is 16.8 Å². The average Bonchev–Trinajstić information content (AvgIpc) is 2.89. The molecule has 2 aromatic heterocycles. The highest BCUT2D eigenvalue weighted by Gasteiger charge is 2.17. The second-order valence-corrected chi connectivity index (χ2v) is 8.24. The third-order valence-corrected chi connectivity index (χ3v) is 6.34. The van der Waals surface area contributed by atoms with E-state index in [1.54, 1.807) is 10.6 Å². The molecule has 154 valence electrons. The molecule has 2 aromatic carbocycles. The van der Waals surface area contributed by atoms with E-state index in [0.717, 1.165) is 29.7 Å². The van der Waals surface area contributed by atoms with Crippen molar-refractivity contribution in [3.05, 3.63) is 88.0 Å². The van der Waals surface area contributed by atoms with Crippen LogP contribution < -0.4 is 5.56 Å². The van der Waals surface area contributed by atoms with E-state index >= 15 is 0 Å². The molecule has 30 heavy (non-hydrogen) atoms. The zero-order valence-corrected chi connectivity index (χ0v) is 18.3. The zero-order valence-electron chi connectivity index (χ0n) is 17.5. The van der Waals surface area contributed by atoms with Crippen molar-refractivity contribution < 1.29 is 0 Å². The van der Waals surface area contributed by atoms with Gasteiger partial charge in [-0.05, 0) is 67.5 Å². The van der Waals surface area contributed by atoms with Gasteiger partial charge in [-0.25, -0.2) is 0 Å². The maximum Gasteiger partial charge on any atom is 0.255 e. The highest BCUT2D eigenvalue weighted by molar-refractivity contribution is 5.87. The molecule has 0 atom stereocenters. The van der Waals surface area contributed by atoms with Gasteiger partial charge in [0.05, 0.1) is 11.2 Å². The minimum Gasteiger partial charge on any atom is -0.347 e. The summed E-state index contributed by atoms with van der Waals surface area (Å²) >= 11 is 0. The number of hydrogen-bond donors (Lipinski definition) is 0. The molecule has 0 fully saturated rings. The summed E-state index contributed by atoms with van der Waals surface area (Å²) in [6, 6.07) is 18.5. The first kappa shape index (κ1) is 20.5. The van der Waals surface area contributed by atoms with Crippen LogP contribution in [0, 0.1) is 6.92 Å². The van der Waals surface area contributed by atoms with Crippen molar-refractivity contribution in [3.63, 3.8) is 0 Å². The van der Waals surface area contributed by atoms with Crippen molar-refractivity contribution in [1.82, 2.24) is 9.13 Å². The quantitative estimate of drug-likeness (QED) is 0.367. The van der Waals surface area contributed by atoms with Gasteiger partial charge >= 0.3 is 0 Å². The molecule has 0 aliphatic heterocycles. The molecule has 0 spiro atoms. The molecule has 4 aromatic rings. The van der Waals surface area contributed by atoms with Gasteiger partial charge in [-0.2, -0.15) is 0 Å². The first-order chi connectivity index (χ1) is 14.1. The number of aryl methyl sites for hydroxylation is 3. The molecule has 0 radical (unpaired) electrons. The van der Waals surface area contributed by atoms with E-state index in [1.165, 1.54) is 47.0 Å². The van der Waals surface area contributed by atoms with Crippen molar-refractivity contribution in [2.45, 2.75) is 39.0 Å². The van der Waals surface area contributed by atoms with Gasteiger partial charge in [-0.1, -0.05) is 42.3 Å². The Morgan fingerprint density at radius 2 is 1.60 bits per heavy atom. The molecule has 0 saturated carbocycles. The summed E-state index contributed by atoms with van der Waals surface area (Å²) in [7, 11) is 2.17. The number of benzene rings is 2. The second-order valence-electron chi connectivity index (χ2n) is 8.24. The lowest BCUT2D eigenvalue weighted by Crippen LogP contribution is -2.16. The van der Waals surface area contributed by atoms with Gasteiger partial charge in [-0.3, -0.25) is 9.36 Å². The minimum atomic E-state index is -0.00167. The van der Waals surface area contributed by atoms with Crippen LogP contribution >= 0.6 is 12.4 Å². The number of aromatic nitrogens is 2. The predicted octanol–water partition coefficient (Wildman–Crippen LogP) is 6.00. The van der Waals surface area contributed by atoms with Crippen molar-refractivity contribution in [2.24, 2.45) is 7.05 Å². The Kier molecular flexibility index (Phi) is 5.57. The topological polar surface area (TPSA) is 26.9 Å². The number of pyridine rings is 1. The average molecular weight is 419 g/mol. The summed E-state index contributed by atoms with van der Waals surface area (Å²) in [5.41, 5.74) is 8.37. The summed E-state index contributed by atoms with van der Waals surface area (Å²) in [5, 5.41) is 1.34. The molecule has 3 nitrogen and oxygen atoms in total. The largest absolute Gasteiger partial charge is 0.347 e. The summed E-state index contributed by atoms with van der Waals surface area (Å²) < 4.78 is 4.08. The molecule has 5 rings (SSSR count). The van der Waals surface area contributed by atoms with Gasteiger partial charge in [0.25, 0.3) is 5.56 Å². The fourth-order valence-electron chi connectivity index (χ4n) is 4.69. The molecule has 0 amide bonds. The zero-order chi connectivity index (χ0) is 20.0. The van der Waals surface area contributed by atoms with Gasteiger partial charge in [0.15, 0.2) is 0 Å². The number of fused-ring (bicyclic) bond motifs is 3. The first-order valence-electron chi connectivity index (χ1n) is 10.5. The van der Waals surface area contributed by atoms with E-state index in [0.29, 0.717) is 0 Å². The van der Waals surface area contributed by atoms with Crippen LogP contribution in [0.15, 0.2) is 65.6 Å². The van der Waals surface area contributed by atoms with Crippen molar-refractivity contribution >= 4 is 23.3 Å². The van der Waals surface area contributed by atoms with Crippen molar-refractivity contribution in [2.75, 3.05) is 0 Å². The molecule has 0 saturated heterocycles. The Morgan fingerprint density at radius 3 is 2.37 bits per heavy atom. The van der Waals surface area contributed by atoms with Crippen LogP contribution in [0.4, 0.5) is 0 Å². The summed E-state index contributed by atoms with van der Waals surface area (Å²) in [4.78, 5) is 12.9. The lowest BCUT2D eigenvalue weighted by molar-refractivity contribution is 0.698. The monoisotopic (exact) mass is 418 g/mol. The van der Waals surface area contributed by atoms with E-state index in [4.69, 9.17) is 0 Å². The van der Waals surface area contributed by atoms with E-state index in [1.807, 2.05) is 12.3 Å². The molecule has 1 aliphatic carbocycles. The van der Waals surface area contributed by atoms with Crippen LogP contribution in [0.2, 0.25) is 0 Å². The van der Waals surface area contributed by atoms with Crippen LogP contribution in [0.25, 0.3) is 27.7 Å². The van der Waals surface area contributed by atoms with Crippen LogP contribution in [-0.4, -0.2) is 9.13 Å². The Morgan fingerprint density at radius 1 is 0.833 bits per heavy atom. The number of nitrogens with zero attached hydrogens (tertiary/aromatic N) is 2. The van der Waals surface area contributed by atoms with E-state index in [-0.39, 0.29) is 18.0 Å². The van der Waals surface area contributed by atoms with E-state index in [9.17, 15) is 4.79 Å². The summed E-state index contributed by atoms with van der Waals surface area (Å²) in [6.07, 6.45) is 8.07.